The van der Waals surface area contributed by atoms with E-state index in [0.717, 1.165) is 24.4 Å². The molecule has 0 aliphatic carbocycles. The van der Waals surface area contributed by atoms with Gasteiger partial charge in [0.05, 0.1) is 0 Å². The van der Waals surface area contributed by atoms with E-state index in [2.05, 4.69) is 39.2 Å². The van der Waals surface area contributed by atoms with Crippen LogP contribution in [0, 0.1) is 0 Å². The van der Waals surface area contributed by atoms with Crippen LogP contribution in [0.1, 0.15) is 115 Å². The van der Waals surface area contributed by atoms with Crippen molar-refractivity contribution in [1.82, 2.24) is 20.0 Å². The average molecular weight is 555 g/mol. The monoisotopic (exact) mass is 554 g/mol. The molecular formula is C26H43N4OPS3. The summed E-state index contributed by atoms with van der Waals surface area (Å²) in [6.07, 6.45) is 25.0. The van der Waals surface area contributed by atoms with E-state index in [-0.39, 0.29) is 0 Å². The third-order valence-electron chi connectivity index (χ3n) is 5.98. The predicted molar refractivity (Wildman–Crippen MR) is 160 cm³/mol. The summed E-state index contributed by atoms with van der Waals surface area (Å²) < 4.78 is 5.65. The number of pyridine rings is 1. The van der Waals surface area contributed by atoms with E-state index < -0.39 is 5.62 Å². The van der Waals surface area contributed by atoms with Gasteiger partial charge < -0.3 is 14.6 Å². The molecule has 2 aromatic heterocycles. The number of hydrogen-bond acceptors (Lipinski definition) is 5. The maximum absolute atomic E-state index is 5.65. The van der Waals surface area contributed by atoms with E-state index in [4.69, 9.17) is 28.5 Å². The SMILES string of the molecule is CCCCCCCCCCCCCCCCCc1nc2c([nH]1)C(=S)NP(=S)(S)O2.c1ccncc1. The molecule has 3 heterocycles. The van der Waals surface area contributed by atoms with Gasteiger partial charge in [0.25, 0.3) is 5.62 Å². The van der Waals surface area contributed by atoms with Gasteiger partial charge in [-0.2, -0.15) is 4.98 Å². The lowest BCUT2D eigenvalue weighted by atomic mass is 10.0. The van der Waals surface area contributed by atoms with Gasteiger partial charge in [0.1, 0.15) is 16.5 Å². The highest BCUT2D eigenvalue weighted by Gasteiger charge is 2.29. The molecule has 3 rings (SSSR count). The molecule has 1 aliphatic heterocycles. The van der Waals surface area contributed by atoms with E-state index >= 15 is 0 Å². The number of aryl methyl sites for hydroxylation is 1. The fraction of sp³-hybridized carbons (Fsp3) is 0.654. The highest BCUT2D eigenvalue weighted by molar-refractivity contribution is 8.61. The van der Waals surface area contributed by atoms with Gasteiger partial charge in [0.2, 0.25) is 5.88 Å². The molecule has 0 amide bonds. The van der Waals surface area contributed by atoms with E-state index in [1.165, 1.54) is 89.9 Å². The predicted octanol–water partition coefficient (Wildman–Crippen LogP) is 8.72. The van der Waals surface area contributed by atoms with Crippen LogP contribution in [0.15, 0.2) is 30.6 Å². The Morgan fingerprint density at radius 3 is 1.80 bits per heavy atom. The topological polar surface area (TPSA) is 62.8 Å². The molecule has 0 aromatic carbocycles. The van der Waals surface area contributed by atoms with Gasteiger partial charge in [-0.3, -0.25) is 4.98 Å². The number of imidazole rings is 1. The van der Waals surface area contributed by atoms with Crippen LogP contribution < -0.4 is 9.61 Å². The minimum Gasteiger partial charge on any atom is -0.420 e. The number of fused-ring (bicyclic) bond motifs is 1. The number of rotatable bonds is 16. The molecule has 1 aliphatic rings. The molecule has 2 N–H and O–H groups in total. The summed E-state index contributed by atoms with van der Waals surface area (Å²) >= 11 is 14.9. The molecule has 0 bridgehead atoms. The Kier molecular flexibility index (Phi) is 15.8. The molecule has 0 saturated carbocycles. The average Bonchev–Trinajstić information content (AvgIpc) is 3.25. The third-order valence-corrected chi connectivity index (χ3v) is 8.41. The number of aromatic nitrogens is 3. The van der Waals surface area contributed by atoms with Crippen molar-refractivity contribution in [2.45, 2.75) is 110 Å². The number of hydrogen-bond donors (Lipinski definition) is 3. The van der Waals surface area contributed by atoms with Crippen LogP contribution in [0.25, 0.3) is 0 Å². The summed E-state index contributed by atoms with van der Waals surface area (Å²) in [6.45, 7) is 2.28. The smallest absolute Gasteiger partial charge is 0.258 e. The zero-order valence-corrected chi connectivity index (χ0v) is 24.6. The lowest BCUT2D eigenvalue weighted by Gasteiger charge is -2.23. The molecular weight excluding hydrogens is 511 g/mol. The molecule has 1 unspecified atom stereocenters. The molecule has 35 heavy (non-hydrogen) atoms. The van der Waals surface area contributed by atoms with Gasteiger partial charge in [0.15, 0.2) is 0 Å². The summed E-state index contributed by atoms with van der Waals surface area (Å²) in [7, 11) is 0. The Morgan fingerprint density at radius 2 is 1.34 bits per heavy atom. The molecule has 196 valence electrons. The maximum atomic E-state index is 5.65. The van der Waals surface area contributed by atoms with Crippen molar-refractivity contribution in [3.8, 4) is 5.88 Å². The minimum atomic E-state index is -2.37. The first-order chi connectivity index (χ1) is 17.0. The number of thiocarbonyl (C=S) groups is 1. The fourth-order valence-electron chi connectivity index (χ4n) is 4.04. The first-order valence-electron chi connectivity index (χ1n) is 13.3. The van der Waals surface area contributed by atoms with Crippen LogP contribution in [0.3, 0.4) is 0 Å². The first-order valence-corrected chi connectivity index (χ1v) is 17.6. The number of thiol groups is 1. The Labute approximate surface area is 228 Å². The van der Waals surface area contributed by atoms with Gasteiger partial charge in [-0.05, 0) is 30.4 Å². The van der Waals surface area contributed by atoms with Crippen molar-refractivity contribution < 1.29 is 4.52 Å². The molecule has 0 saturated heterocycles. The van der Waals surface area contributed by atoms with Gasteiger partial charge in [-0.1, -0.05) is 127 Å². The van der Waals surface area contributed by atoms with Crippen molar-refractivity contribution in [1.29, 1.82) is 0 Å². The zero-order chi connectivity index (χ0) is 25.2. The number of unbranched alkanes of at least 4 members (excludes halogenated alkanes) is 14. The first kappa shape index (κ1) is 30.3. The highest BCUT2D eigenvalue weighted by atomic mass is 32.9. The summed E-state index contributed by atoms with van der Waals surface area (Å²) in [4.78, 5) is 12.1. The Hall–Kier alpha value is -0.950. The summed E-state index contributed by atoms with van der Waals surface area (Å²) in [5, 5.41) is 2.98. The van der Waals surface area contributed by atoms with Crippen LogP contribution in [0.2, 0.25) is 0 Å². The van der Waals surface area contributed by atoms with Gasteiger partial charge in [0, 0.05) is 18.8 Å². The van der Waals surface area contributed by atoms with E-state index in [1.54, 1.807) is 12.4 Å². The Balaban J connectivity index is 0.000000625. The molecule has 5 nitrogen and oxygen atoms in total. The molecule has 0 spiro atoms. The van der Waals surface area contributed by atoms with Gasteiger partial charge >= 0.3 is 0 Å². The second-order valence-corrected chi connectivity index (χ2v) is 15.0. The van der Waals surface area contributed by atoms with Crippen molar-refractivity contribution in [3.63, 3.8) is 0 Å². The normalized spacial score (nSPS) is 16.6. The maximum Gasteiger partial charge on any atom is 0.258 e. The lowest BCUT2D eigenvalue weighted by molar-refractivity contribution is 0.531. The van der Waals surface area contributed by atoms with Crippen molar-refractivity contribution in [3.05, 3.63) is 42.1 Å². The van der Waals surface area contributed by atoms with Crippen molar-refractivity contribution in [2.24, 2.45) is 0 Å². The van der Waals surface area contributed by atoms with Crippen LogP contribution in [0.5, 0.6) is 5.88 Å². The fourth-order valence-corrected chi connectivity index (χ4v) is 6.74. The quantitative estimate of drug-likeness (QED) is 0.0835. The molecule has 0 radical (unpaired) electrons. The molecule has 1 atom stereocenters. The Bertz CT molecular complexity index is 852. The van der Waals surface area contributed by atoms with E-state index in [9.17, 15) is 0 Å². The van der Waals surface area contributed by atoms with Crippen LogP contribution in [-0.4, -0.2) is 19.9 Å². The standard InChI is InChI=1S/C21H38N3OPS3.C5H5N/c1-2-3-4-5-6-7-8-9-10-11-12-13-14-15-16-17-18-22-19-20(23-18)25-26(28,29)24-21(19)27;1-2-4-6-5-3-1/h2-17H2,1H3,(H,22,23)(H2,24,27,28,29);1-5H. The largest absolute Gasteiger partial charge is 0.420 e. The van der Waals surface area contributed by atoms with Crippen molar-refractivity contribution >= 4 is 46.9 Å². The van der Waals surface area contributed by atoms with Crippen LogP contribution in [-0.2, 0) is 18.2 Å². The van der Waals surface area contributed by atoms with Crippen LogP contribution in [0.4, 0.5) is 0 Å². The number of nitrogens with one attached hydrogen (secondary N) is 2. The van der Waals surface area contributed by atoms with E-state index in [0.29, 0.717) is 10.9 Å². The summed E-state index contributed by atoms with van der Waals surface area (Å²) in [5.41, 5.74) is -1.63. The summed E-state index contributed by atoms with van der Waals surface area (Å²) in [5.74, 6) is 1.45. The van der Waals surface area contributed by atoms with Gasteiger partial charge in [-0.25, -0.2) is 0 Å². The second kappa shape index (κ2) is 18.3. The minimum absolute atomic E-state index is 0.517. The van der Waals surface area contributed by atoms with E-state index in [1.807, 2.05) is 18.2 Å². The molecule has 2 aromatic rings. The van der Waals surface area contributed by atoms with Crippen molar-refractivity contribution in [2.75, 3.05) is 0 Å². The third kappa shape index (κ3) is 13.8. The summed E-state index contributed by atoms with van der Waals surface area (Å²) in [6, 6.07) is 5.72. The molecule has 0 fully saturated rings. The Morgan fingerprint density at radius 1 is 0.829 bits per heavy atom. The number of nitrogens with zero attached hydrogens (tertiary/aromatic N) is 2. The second-order valence-electron chi connectivity index (χ2n) is 9.14. The van der Waals surface area contributed by atoms with Crippen LogP contribution >= 0.6 is 30.1 Å². The number of H-pyrrole nitrogens is 1. The molecule has 9 heteroatoms. The zero-order valence-electron chi connectivity index (χ0n) is 21.2. The van der Waals surface area contributed by atoms with Gasteiger partial charge in [-0.15, -0.1) is 0 Å². The lowest BCUT2D eigenvalue weighted by Crippen LogP contribution is -2.24. The highest BCUT2D eigenvalue weighted by Crippen LogP contribution is 2.51. The number of aromatic amines is 1.